The van der Waals surface area contributed by atoms with Crippen LogP contribution < -0.4 is 0 Å². The van der Waals surface area contributed by atoms with Crippen molar-refractivity contribution in [2.24, 2.45) is 0 Å². The maximum atomic E-state index is 9.05. The molecule has 98 valence electrons. The molecule has 0 atom stereocenters. The number of benzene rings is 1. The van der Waals surface area contributed by atoms with Gasteiger partial charge in [0.1, 0.15) is 0 Å². The van der Waals surface area contributed by atoms with Crippen LogP contribution in [0.3, 0.4) is 0 Å². The molecule has 3 rings (SSSR count). The largest absolute Gasteiger partial charge is 0.331 e. The Balaban J connectivity index is 2.13. The molecule has 0 saturated heterocycles. The van der Waals surface area contributed by atoms with Crippen molar-refractivity contribution < 1.29 is 0 Å². The van der Waals surface area contributed by atoms with E-state index in [0.29, 0.717) is 11.6 Å². The molecule has 4 heteroatoms. The van der Waals surface area contributed by atoms with Crippen LogP contribution in [0.25, 0.3) is 11.0 Å². The summed E-state index contributed by atoms with van der Waals surface area (Å²) < 4.78 is 3.02. The Morgan fingerprint density at radius 3 is 2.63 bits per heavy atom. The number of H-pyrrole nitrogens is 1. The second kappa shape index (κ2) is 5.18. The van der Waals surface area contributed by atoms with Crippen molar-refractivity contribution in [3.8, 4) is 6.07 Å². The van der Waals surface area contributed by atoms with Crippen LogP contribution in [-0.4, -0.2) is 9.55 Å². The number of fused-ring (bicyclic) bond motifs is 1. The predicted octanol–water partition coefficient (Wildman–Crippen LogP) is 4.47. The summed E-state index contributed by atoms with van der Waals surface area (Å²) >= 11 is 5.48. The zero-order valence-corrected chi connectivity index (χ0v) is 11.7. The van der Waals surface area contributed by atoms with Crippen LogP contribution in [0, 0.1) is 16.1 Å². The number of imidazole rings is 1. The van der Waals surface area contributed by atoms with Gasteiger partial charge >= 0.3 is 0 Å². The van der Waals surface area contributed by atoms with E-state index in [1.54, 1.807) is 0 Å². The summed E-state index contributed by atoms with van der Waals surface area (Å²) in [6, 6.07) is 8.44. The van der Waals surface area contributed by atoms with E-state index in [4.69, 9.17) is 17.5 Å². The first-order chi connectivity index (χ1) is 9.29. The van der Waals surface area contributed by atoms with Crippen molar-refractivity contribution in [1.29, 1.82) is 5.26 Å². The SMILES string of the molecule is N#Cc1ccc2[nH]c(=S)n(C3CCCCCC3)c2c1. The molecule has 0 bridgehead atoms. The highest BCUT2D eigenvalue weighted by atomic mass is 32.1. The molecular formula is C15H17N3S. The van der Waals surface area contributed by atoms with Crippen LogP contribution >= 0.6 is 12.2 Å². The standard InChI is InChI=1S/C15H17N3S/c16-10-11-7-8-13-14(9-11)18(15(19)17-13)12-5-3-1-2-4-6-12/h7-9,12H,1-6H2,(H,17,19). The van der Waals surface area contributed by atoms with Crippen molar-refractivity contribution in [1.82, 2.24) is 9.55 Å². The summed E-state index contributed by atoms with van der Waals surface area (Å²) in [4.78, 5) is 3.26. The van der Waals surface area contributed by atoms with Gasteiger partial charge in [0.25, 0.3) is 0 Å². The zero-order chi connectivity index (χ0) is 13.2. The van der Waals surface area contributed by atoms with Gasteiger partial charge in [0, 0.05) is 6.04 Å². The smallest absolute Gasteiger partial charge is 0.178 e. The van der Waals surface area contributed by atoms with Crippen LogP contribution in [0.1, 0.15) is 50.1 Å². The summed E-state index contributed by atoms with van der Waals surface area (Å²) in [5.41, 5.74) is 2.81. The number of aromatic amines is 1. The van der Waals surface area contributed by atoms with Crippen LogP contribution in [0.15, 0.2) is 18.2 Å². The molecule has 0 aliphatic heterocycles. The highest BCUT2D eigenvalue weighted by Gasteiger charge is 2.17. The van der Waals surface area contributed by atoms with Crippen LogP contribution in [0.2, 0.25) is 0 Å². The number of rotatable bonds is 1. The van der Waals surface area contributed by atoms with Gasteiger partial charge in [-0.05, 0) is 43.3 Å². The van der Waals surface area contributed by atoms with Crippen molar-refractivity contribution in [3.05, 3.63) is 28.5 Å². The molecule has 0 radical (unpaired) electrons. The molecule has 1 aromatic carbocycles. The molecule has 0 spiro atoms. The summed E-state index contributed by atoms with van der Waals surface area (Å²) in [6.07, 6.45) is 7.59. The van der Waals surface area contributed by atoms with Gasteiger partial charge in [-0.25, -0.2) is 0 Å². The van der Waals surface area contributed by atoms with Gasteiger partial charge in [-0.1, -0.05) is 25.7 Å². The third kappa shape index (κ3) is 2.31. The van der Waals surface area contributed by atoms with E-state index in [0.717, 1.165) is 15.8 Å². The van der Waals surface area contributed by atoms with Crippen molar-refractivity contribution in [2.45, 2.75) is 44.6 Å². The number of aromatic nitrogens is 2. The lowest BCUT2D eigenvalue weighted by Crippen LogP contribution is -2.08. The quantitative estimate of drug-likeness (QED) is 0.614. The van der Waals surface area contributed by atoms with Gasteiger partial charge in [0.15, 0.2) is 4.77 Å². The van der Waals surface area contributed by atoms with Gasteiger partial charge < -0.3 is 9.55 Å². The number of hydrogen-bond acceptors (Lipinski definition) is 2. The fourth-order valence-corrected chi connectivity index (χ4v) is 3.43. The first-order valence-corrected chi connectivity index (χ1v) is 7.35. The first-order valence-electron chi connectivity index (χ1n) is 6.94. The third-order valence-electron chi connectivity index (χ3n) is 4.04. The van der Waals surface area contributed by atoms with E-state index in [2.05, 4.69) is 15.6 Å². The van der Waals surface area contributed by atoms with Crippen LogP contribution in [-0.2, 0) is 0 Å². The Kier molecular flexibility index (Phi) is 3.39. The number of nitrogens with zero attached hydrogens (tertiary/aromatic N) is 2. The lowest BCUT2D eigenvalue weighted by Gasteiger charge is -2.17. The molecule has 1 aromatic heterocycles. The van der Waals surface area contributed by atoms with E-state index < -0.39 is 0 Å². The van der Waals surface area contributed by atoms with E-state index in [1.165, 1.54) is 38.5 Å². The highest BCUT2D eigenvalue weighted by Crippen LogP contribution is 2.30. The average molecular weight is 271 g/mol. The normalized spacial score (nSPS) is 17.2. The zero-order valence-electron chi connectivity index (χ0n) is 10.9. The lowest BCUT2D eigenvalue weighted by atomic mass is 10.1. The van der Waals surface area contributed by atoms with Crippen molar-refractivity contribution in [2.75, 3.05) is 0 Å². The number of nitriles is 1. The molecule has 19 heavy (non-hydrogen) atoms. The number of nitrogens with one attached hydrogen (secondary N) is 1. The Hall–Kier alpha value is -1.60. The summed E-state index contributed by atoms with van der Waals surface area (Å²) in [7, 11) is 0. The van der Waals surface area contributed by atoms with E-state index >= 15 is 0 Å². The topological polar surface area (TPSA) is 44.5 Å². The van der Waals surface area contributed by atoms with Crippen molar-refractivity contribution >= 4 is 23.3 Å². The fourth-order valence-electron chi connectivity index (χ4n) is 3.07. The molecule has 1 heterocycles. The second-order valence-corrected chi connectivity index (χ2v) is 5.68. The van der Waals surface area contributed by atoms with E-state index in [9.17, 15) is 0 Å². The first kappa shape index (κ1) is 12.4. The lowest BCUT2D eigenvalue weighted by molar-refractivity contribution is 0.450. The molecule has 0 amide bonds. The van der Waals surface area contributed by atoms with Gasteiger partial charge in [-0.3, -0.25) is 0 Å². The Morgan fingerprint density at radius 2 is 1.95 bits per heavy atom. The Morgan fingerprint density at radius 1 is 1.21 bits per heavy atom. The maximum Gasteiger partial charge on any atom is 0.178 e. The molecule has 1 N–H and O–H groups in total. The molecule has 1 fully saturated rings. The van der Waals surface area contributed by atoms with Crippen LogP contribution in [0.4, 0.5) is 0 Å². The minimum Gasteiger partial charge on any atom is -0.331 e. The number of hydrogen-bond donors (Lipinski definition) is 1. The van der Waals surface area contributed by atoms with Crippen LogP contribution in [0.5, 0.6) is 0 Å². The summed E-state index contributed by atoms with van der Waals surface area (Å²) in [5, 5.41) is 9.05. The van der Waals surface area contributed by atoms with Crippen molar-refractivity contribution in [3.63, 3.8) is 0 Å². The van der Waals surface area contributed by atoms with E-state index in [-0.39, 0.29) is 0 Å². The monoisotopic (exact) mass is 271 g/mol. The Labute approximate surface area is 117 Å². The fraction of sp³-hybridized carbons (Fsp3) is 0.467. The molecule has 1 aliphatic rings. The molecule has 0 unspecified atom stereocenters. The van der Waals surface area contributed by atoms with Gasteiger partial charge in [-0.2, -0.15) is 5.26 Å². The molecule has 2 aromatic rings. The summed E-state index contributed by atoms with van der Waals surface area (Å²) in [6.45, 7) is 0. The average Bonchev–Trinajstić information content (AvgIpc) is 2.61. The van der Waals surface area contributed by atoms with E-state index in [1.807, 2.05) is 18.2 Å². The van der Waals surface area contributed by atoms with Gasteiger partial charge in [-0.15, -0.1) is 0 Å². The van der Waals surface area contributed by atoms with Gasteiger partial charge in [0.05, 0.1) is 22.7 Å². The third-order valence-corrected chi connectivity index (χ3v) is 4.34. The highest BCUT2D eigenvalue weighted by molar-refractivity contribution is 7.71. The molecule has 1 aliphatic carbocycles. The molecular weight excluding hydrogens is 254 g/mol. The predicted molar refractivity (Wildman–Crippen MR) is 78.6 cm³/mol. The maximum absolute atomic E-state index is 9.05. The molecule has 3 nitrogen and oxygen atoms in total. The Bertz CT molecular complexity index is 681. The molecule has 1 saturated carbocycles. The minimum atomic E-state index is 0.484. The minimum absolute atomic E-state index is 0.484. The summed E-state index contributed by atoms with van der Waals surface area (Å²) in [5.74, 6) is 0. The van der Waals surface area contributed by atoms with Gasteiger partial charge in [0.2, 0.25) is 0 Å². The second-order valence-electron chi connectivity index (χ2n) is 5.29.